The number of carboxylic acid groups (broad SMARTS) is 1. The standard InChI is InChI=1S/C23H18ClN3O4.Na/c1-30-19-9-6-15(21-17-11-16(24)7-8-18(17)26-23(25)27-21)10-20(19)31-12-13-2-4-14(5-3-13)22(28)29;/h2-11H,12H2,1H3,(H,28,29)(H2,25,26,27);. The van der Waals surface area contributed by atoms with Crippen LogP contribution in [0.15, 0.2) is 60.7 Å². The maximum absolute atomic E-state index is 11.0. The molecule has 157 valence electrons. The largest absolute Gasteiger partial charge is 0.493 e. The summed E-state index contributed by atoms with van der Waals surface area (Å²) in [7, 11) is 1.56. The van der Waals surface area contributed by atoms with Crippen molar-refractivity contribution >= 4 is 64.0 Å². The monoisotopic (exact) mass is 458 g/mol. The Morgan fingerprint density at radius 1 is 1.03 bits per heavy atom. The molecule has 0 spiro atoms. The molecule has 0 saturated heterocycles. The van der Waals surface area contributed by atoms with Gasteiger partial charge in [0.15, 0.2) is 11.5 Å². The summed E-state index contributed by atoms with van der Waals surface area (Å²) in [4.78, 5) is 19.7. The van der Waals surface area contributed by atoms with Crippen LogP contribution in [0.4, 0.5) is 5.95 Å². The minimum absolute atomic E-state index is 0. The summed E-state index contributed by atoms with van der Waals surface area (Å²) in [6.07, 6.45) is 0. The first-order valence-electron chi connectivity index (χ1n) is 9.31. The van der Waals surface area contributed by atoms with Crippen LogP contribution in [0.5, 0.6) is 11.5 Å². The number of carboxylic acids is 1. The van der Waals surface area contributed by atoms with Crippen LogP contribution in [0.1, 0.15) is 15.9 Å². The molecule has 0 saturated carbocycles. The van der Waals surface area contributed by atoms with E-state index in [9.17, 15) is 4.79 Å². The average molecular weight is 459 g/mol. The van der Waals surface area contributed by atoms with Crippen LogP contribution >= 0.6 is 11.6 Å². The molecule has 1 aromatic heterocycles. The number of methoxy groups -OCH3 is 1. The van der Waals surface area contributed by atoms with Crippen LogP contribution in [-0.4, -0.2) is 57.7 Å². The van der Waals surface area contributed by atoms with Gasteiger partial charge in [-0.15, -0.1) is 0 Å². The Bertz CT molecular complexity index is 1280. The predicted molar refractivity (Wildman–Crippen MR) is 124 cm³/mol. The van der Waals surface area contributed by atoms with E-state index in [1.807, 2.05) is 12.1 Å². The van der Waals surface area contributed by atoms with Gasteiger partial charge >= 0.3 is 5.97 Å². The van der Waals surface area contributed by atoms with Crippen molar-refractivity contribution in [3.8, 4) is 22.8 Å². The maximum atomic E-state index is 11.0. The predicted octanol–water partition coefficient (Wildman–Crippen LogP) is 4.44. The van der Waals surface area contributed by atoms with Gasteiger partial charge in [-0.2, -0.15) is 0 Å². The van der Waals surface area contributed by atoms with Crippen LogP contribution in [0, 0.1) is 0 Å². The molecule has 7 nitrogen and oxygen atoms in total. The number of benzene rings is 3. The molecule has 32 heavy (non-hydrogen) atoms. The summed E-state index contributed by atoms with van der Waals surface area (Å²) in [6.45, 7) is 0.234. The van der Waals surface area contributed by atoms with E-state index in [1.54, 1.807) is 43.5 Å². The van der Waals surface area contributed by atoms with Gasteiger partial charge in [-0.1, -0.05) is 23.7 Å². The van der Waals surface area contributed by atoms with E-state index in [2.05, 4.69) is 9.97 Å². The summed E-state index contributed by atoms with van der Waals surface area (Å²) >= 11 is 6.18. The fourth-order valence-corrected chi connectivity index (χ4v) is 3.35. The number of ether oxygens (including phenoxy) is 2. The third-order valence-electron chi connectivity index (χ3n) is 4.71. The smallest absolute Gasteiger partial charge is 0.335 e. The maximum Gasteiger partial charge on any atom is 0.335 e. The summed E-state index contributed by atoms with van der Waals surface area (Å²) in [5, 5.41) is 10.4. The Morgan fingerprint density at radius 2 is 1.78 bits per heavy atom. The van der Waals surface area contributed by atoms with Crippen LogP contribution in [0.3, 0.4) is 0 Å². The van der Waals surface area contributed by atoms with Crippen molar-refractivity contribution in [1.82, 2.24) is 9.97 Å². The number of nitrogens with zero attached hydrogens (tertiary/aromatic N) is 2. The molecule has 0 amide bonds. The molecule has 0 aliphatic heterocycles. The summed E-state index contributed by atoms with van der Waals surface area (Å²) in [5.74, 6) is 0.241. The number of anilines is 1. The Morgan fingerprint density at radius 3 is 2.47 bits per heavy atom. The van der Waals surface area contributed by atoms with Gasteiger partial charge in [0.2, 0.25) is 5.95 Å². The topological polar surface area (TPSA) is 108 Å². The van der Waals surface area contributed by atoms with E-state index < -0.39 is 5.97 Å². The fourth-order valence-electron chi connectivity index (χ4n) is 3.18. The van der Waals surface area contributed by atoms with E-state index in [-0.39, 0.29) is 47.7 Å². The molecule has 3 N–H and O–H groups in total. The van der Waals surface area contributed by atoms with E-state index in [0.29, 0.717) is 27.7 Å². The average Bonchev–Trinajstić information content (AvgIpc) is 2.77. The van der Waals surface area contributed by atoms with Gasteiger partial charge in [-0.25, -0.2) is 14.8 Å². The molecule has 9 heteroatoms. The first-order chi connectivity index (χ1) is 14.9. The zero-order valence-corrected chi connectivity index (χ0v) is 20.3. The van der Waals surface area contributed by atoms with Crippen LogP contribution in [-0.2, 0) is 6.61 Å². The number of nitrogens with two attached hydrogens (primary N) is 1. The molecule has 0 fully saturated rings. The number of hydrogen-bond donors (Lipinski definition) is 2. The zero-order valence-electron chi connectivity index (χ0n) is 17.5. The van der Waals surface area contributed by atoms with Crippen LogP contribution < -0.4 is 15.2 Å². The van der Waals surface area contributed by atoms with Gasteiger partial charge in [-0.3, -0.25) is 0 Å². The molecule has 1 heterocycles. The minimum atomic E-state index is -0.974. The van der Waals surface area contributed by atoms with Crippen LogP contribution in [0.25, 0.3) is 22.2 Å². The number of rotatable bonds is 6. The van der Waals surface area contributed by atoms with Gasteiger partial charge in [0.25, 0.3) is 0 Å². The first kappa shape index (κ1) is 23.8. The number of nitrogen functional groups attached to an aromatic ring is 1. The number of fused-ring (bicyclic) bond motifs is 1. The summed E-state index contributed by atoms with van der Waals surface area (Å²) in [5.41, 5.74) is 9.02. The van der Waals surface area contributed by atoms with Crippen molar-refractivity contribution in [2.75, 3.05) is 12.8 Å². The summed E-state index contributed by atoms with van der Waals surface area (Å²) in [6, 6.07) is 17.3. The van der Waals surface area contributed by atoms with E-state index >= 15 is 0 Å². The second-order valence-corrected chi connectivity index (χ2v) is 7.18. The Labute approximate surface area is 211 Å². The number of aromatic nitrogens is 2. The van der Waals surface area contributed by atoms with Crippen molar-refractivity contribution < 1.29 is 19.4 Å². The number of aromatic carboxylic acids is 1. The summed E-state index contributed by atoms with van der Waals surface area (Å²) < 4.78 is 11.4. The zero-order chi connectivity index (χ0) is 22.0. The Balaban J connectivity index is 0.00000289. The molecule has 0 atom stereocenters. The first-order valence-corrected chi connectivity index (χ1v) is 9.68. The van der Waals surface area contributed by atoms with Crippen molar-refractivity contribution in [2.45, 2.75) is 6.61 Å². The van der Waals surface area contributed by atoms with Gasteiger partial charge in [0.05, 0.1) is 23.9 Å². The molecule has 3 aromatic carbocycles. The third kappa shape index (κ3) is 5.14. The van der Waals surface area contributed by atoms with Crippen LogP contribution in [0.2, 0.25) is 5.02 Å². The van der Waals surface area contributed by atoms with Crippen molar-refractivity contribution in [3.63, 3.8) is 0 Å². The third-order valence-corrected chi connectivity index (χ3v) is 4.94. The molecule has 1 radical (unpaired) electrons. The quantitative estimate of drug-likeness (QED) is 0.411. The van der Waals surface area contributed by atoms with Crippen molar-refractivity contribution in [2.24, 2.45) is 0 Å². The van der Waals surface area contributed by atoms with Gasteiger partial charge in [0, 0.05) is 45.5 Å². The van der Waals surface area contributed by atoms with Gasteiger partial charge in [0.1, 0.15) is 6.61 Å². The SMILES string of the molecule is COc1ccc(-c2nc(N)nc3ccc(Cl)cc23)cc1OCc1ccc(C(=O)O)cc1.[Na]. The molecule has 0 aliphatic carbocycles. The minimum Gasteiger partial charge on any atom is -0.493 e. The van der Waals surface area contributed by atoms with E-state index in [1.165, 1.54) is 12.1 Å². The molecule has 0 unspecified atom stereocenters. The van der Waals surface area contributed by atoms with Gasteiger partial charge < -0.3 is 20.3 Å². The van der Waals surface area contributed by atoms with Gasteiger partial charge in [-0.05, 0) is 54.1 Å². The molecular weight excluding hydrogens is 441 g/mol. The molecule has 0 bridgehead atoms. The number of carbonyl (C=O) groups is 1. The number of hydrogen-bond acceptors (Lipinski definition) is 6. The molecule has 4 rings (SSSR count). The van der Waals surface area contributed by atoms with Crippen molar-refractivity contribution in [3.05, 3.63) is 76.8 Å². The molecule has 4 aromatic rings. The second-order valence-electron chi connectivity index (χ2n) is 6.75. The molecule has 0 aliphatic rings. The Hall–Kier alpha value is -2.84. The van der Waals surface area contributed by atoms with E-state index in [0.717, 1.165) is 16.5 Å². The fraction of sp³-hybridized carbons (Fsp3) is 0.0870. The normalized spacial score (nSPS) is 10.4. The molecular formula is C23H18ClN3NaO4. The van der Waals surface area contributed by atoms with E-state index in [4.69, 9.17) is 31.9 Å². The number of halogens is 1. The second kappa shape index (κ2) is 10.2. The Kier molecular flexibility index (Phi) is 7.58. The van der Waals surface area contributed by atoms with Crippen molar-refractivity contribution in [1.29, 1.82) is 0 Å².